The van der Waals surface area contributed by atoms with Crippen LogP contribution in [0.3, 0.4) is 0 Å². The maximum atomic E-state index is 12.3. The van der Waals surface area contributed by atoms with Crippen LogP contribution in [0.25, 0.3) is 0 Å². The zero-order chi connectivity index (χ0) is 18.0. The summed E-state index contributed by atoms with van der Waals surface area (Å²) < 4.78 is 1.35. The predicted octanol–water partition coefficient (Wildman–Crippen LogP) is 1.07. The van der Waals surface area contributed by atoms with Crippen LogP contribution in [0.1, 0.15) is 40.0 Å². The molecule has 0 spiro atoms. The van der Waals surface area contributed by atoms with Gasteiger partial charge in [0.05, 0.1) is 24.0 Å². The smallest absolute Gasteiger partial charge is 0.319 e. The molecule has 1 saturated carbocycles. The Kier molecular flexibility index (Phi) is 5.17. The number of aliphatic hydroxyl groups excluding tert-OH is 1. The van der Waals surface area contributed by atoms with E-state index in [1.54, 1.807) is 0 Å². The molecule has 1 heterocycles. The fourth-order valence-electron chi connectivity index (χ4n) is 4.08. The lowest BCUT2D eigenvalue weighted by atomic mass is 9.64. The molecule has 8 nitrogen and oxygen atoms in total. The molecule has 1 aliphatic carbocycles. The van der Waals surface area contributed by atoms with Gasteiger partial charge in [0.25, 0.3) is 0 Å². The number of hydrogen-bond acceptors (Lipinski definition) is 4. The zero-order valence-corrected chi connectivity index (χ0v) is 14.5. The van der Waals surface area contributed by atoms with Crippen LogP contribution in [0.4, 0.5) is 10.5 Å². The third kappa shape index (κ3) is 4.70. The van der Waals surface area contributed by atoms with Gasteiger partial charge >= 0.3 is 6.03 Å². The maximum absolute atomic E-state index is 12.3. The maximum Gasteiger partial charge on any atom is 0.319 e. The highest BCUT2D eigenvalue weighted by Crippen LogP contribution is 2.43. The first-order valence-corrected chi connectivity index (χ1v) is 8.14. The number of urea groups is 1. The molecular weight excluding hydrogens is 310 g/mol. The van der Waals surface area contributed by atoms with Crippen LogP contribution >= 0.6 is 0 Å². The number of anilines is 1. The van der Waals surface area contributed by atoms with Crippen molar-refractivity contribution in [3.8, 4) is 0 Å². The van der Waals surface area contributed by atoms with Gasteiger partial charge < -0.3 is 21.5 Å². The SMILES string of the molecule is C[C@H]1CC(C)(C)C[C@@](CO)(NC(=O)Nc2cnn(CC(N)=O)c2)C1. The summed E-state index contributed by atoms with van der Waals surface area (Å²) >= 11 is 0. The van der Waals surface area contributed by atoms with Crippen molar-refractivity contribution in [3.63, 3.8) is 0 Å². The molecule has 1 aromatic rings. The number of aliphatic hydroxyl groups is 1. The molecule has 0 saturated heterocycles. The van der Waals surface area contributed by atoms with Gasteiger partial charge in [0.2, 0.25) is 5.91 Å². The fraction of sp³-hybridized carbons (Fsp3) is 0.688. The average molecular weight is 337 g/mol. The van der Waals surface area contributed by atoms with Gasteiger partial charge in [-0.05, 0) is 30.6 Å². The summed E-state index contributed by atoms with van der Waals surface area (Å²) in [5.74, 6) is -0.0914. The second-order valence-corrected chi connectivity index (χ2v) is 7.76. The monoisotopic (exact) mass is 337 g/mol. The molecule has 0 bridgehead atoms. The number of carbonyl (C=O) groups is 2. The number of carbonyl (C=O) groups excluding carboxylic acids is 2. The van der Waals surface area contributed by atoms with Gasteiger partial charge in [-0.15, -0.1) is 0 Å². The van der Waals surface area contributed by atoms with Crippen LogP contribution in [0.2, 0.25) is 0 Å². The Morgan fingerprint density at radius 3 is 2.75 bits per heavy atom. The van der Waals surface area contributed by atoms with Crippen LogP contribution in [0.5, 0.6) is 0 Å². The number of primary amides is 1. The molecule has 0 radical (unpaired) electrons. The Labute approximate surface area is 141 Å². The molecule has 3 amide bonds. The molecule has 2 atom stereocenters. The molecule has 0 aliphatic heterocycles. The van der Waals surface area contributed by atoms with Crippen molar-refractivity contribution in [1.29, 1.82) is 0 Å². The van der Waals surface area contributed by atoms with Gasteiger partial charge in [0.15, 0.2) is 0 Å². The Balaban J connectivity index is 2.01. The number of amides is 3. The summed E-state index contributed by atoms with van der Waals surface area (Å²) in [6.07, 6.45) is 5.50. The second-order valence-electron chi connectivity index (χ2n) is 7.76. The van der Waals surface area contributed by atoms with Crippen molar-refractivity contribution in [1.82, 2.24) is 15.1 Å². The van der Waals surface area contributed by atoms with E-state index >= 15 is 0 Å². The van der Waals surface area contributed by atoms with E-state index in [1.807, 2.05) is 0 Å². The molecule has 2 rings (SSSR count). The molecule has 5 N–H and O–H groups in total. The van der Waals surface area contributed by atoms with Crippen molar-refractivity contribution >= 4 is 17.6 Å². The van der Waals surface area contributed by atoms with E-state index in [2.05, 4.69) is 36.5 Å². The molecule has 24 heavy (non-hydrogen) atoms. The van der Waals surface area contributed by atoms with E-state index in [4.69, 9.17) is 5.73 Å². The van der Waals surface area contributed by atoms with E-state index in [0.29, 0.717) is 11.6 Å². The summed E-state index contributed by atoms with van der Waals surface area (Å²) in [7, 11) is 0. The Morgan fingerprint density at radius 1 is 1.46 bits per heavy atom. The second kappa shape index (κ2) is 6.80. The normalized spacial score (nSPS) is 25.9. The first kappa shape index (κ1) is 18.3. The highest BCUT2D eigenvalue weighted by molar-refractivity contribution is 5.89. The molecule has 0 aromatic carbocycles. The van der Waals surface area contributed by atoms with Crippen LogP contribution in [-0.4, -0.2) is 39.0 Å². The van der Waals surface area contributed by atoms with Gasteiger partial charge in [-0.25, -0.2) is 4.79 Å². The molecule has 1 aromatic heterocycles. The van der Waals surface area contributed by atoms with Crippen molar-refractivity contribution in [2.45, 2.75) is 52.1 Å². The van der Waals surface area contributed by atoms with Crippen molar-refractivity contribution < 1.29 is 14.7 Å². The van der Waals surface area contributed by atoms with E-state index in [9.17, 15) is 14.7 Å². The topological polar surface area (TPSA) is 122 Å². The van der Waals surface area contributed by atoms with Crippen LogP contribution in [-0.2, 0) is 11.3 Å². The molecule has 0 unspecified atom stereocenters. The largest absolute Gasteiger partial charge is 0.394 e. The summed E-state index contributed by atoms with van der Waals surface area (Å²) in [5, 5.41) is 19.5. The number of nitrogens with one attached hydrogen (secondary N) is 2. The molecule has 134 valence electrons. The molecule has 1 fully saturated rings. The van der Waals surface area contributed by atoms with Crippen molar-refractivity contribution in [3.05, 3.63) is 12.4 Å². The van der Waals surface area contributed by atoms with Crippen molar-refractivity contribution in [2.24, 2.45) is 17.1 Å². The Morgan fingerprint density at radius 2 is 2.17 bits per heavy atom. The van der Waals surface area contributed by atoms with Crippen LogP contribution in [0, 0.1) is 11.3 Å². The lowest BCUT2D eigenvalue weighted by Crippen LogP contribution is -2.58. The number of aromatic nitrogens is 2. The minimum atomic E-state index is -0.630. The van der Waals surface area contributed by atoms with Crippen molar-refractivity contribution in [2.75, 3.05) is 11.9 Å². The zero-order valence-electron chi connectivity index (χ0n) is 14.5. The third-order valence-electron chi connectivity index (χ3n) is 4.35. The number of hydrogen-bond donors (Lipinski definition) is 4. The van der Waals surface area contributed by atoms with E-state index < -0.39 is 17.5 Å². The number of nitrogens with zero attached hydrogens (tertiary/aromatic N) is 2. The first-order chi connectivity index (χ1) is 11.1. The van der Waals surface area contributed by atoms with Gasteiger partial charge in [-0.3, -0.25) is 9.48 Å². The molecule has 1 aliphatic rings. The van der Waals surface area contributed by atoms with Gasteiger partial charge in [0.1, 0.15) is 6.54 Å². The van der Waals surface area contributed by atoms with Crippen LogP contribution < -0.4 is 16.4 Å². The number of rotatable bonds is 5. The summed E-state index contributed by atoms with van der Waals surface area (Å²) in [6.45, 7) is 6.30. The Hall–Kier alpha value is -2.09. The van der Waals surface area contributed by atoms with Gasteiger partial charge in [-0.1, -0.05) is 20.8 Å². The molecular formula is C16H27N5O3. The summed E-state index contributed by atoms with van der Waals surface area (Å²) in [4.78, 5) is 23.2. The number of nitrogens with two attached hydrogens (primary N) is 1. The van der Waals surface area contributed by atoms with Gasteiger partial charge in [-0.2, -0.15) is 5.10 Å². The van der Waals surface area contributed by atoms with Crippen LogP contribution in [0.15, 0.2) is 12.4 Å². The van der Waals surface area contributed by atoms with E-state index in [-0.39, 0.29) is 18.6 Å². The standard InChI is InChI=1S/C16H27N5O3/c1-11-4-15(2,3)9-16(5-11,10-22)20-14(24)19-12-6-18-21(7-12)8-13(17)23/h6-7,11,22H,4-5,8-10H2,1-3H3,(H2,17,23)(H2,19,20,24)/t11-,16-/m0/s1. The minimum Gasteiger partial charge on any atom is -0.394 e. The fourth-order valence-corrected chi connectivity index (χ4v) is 4.08. The van der Waals surface area contributed by atoms with Gasteiger partial charge in [0, 0.05) is 6.20 Å². The Bertz CT molecular complexity index is 613. The van der Waals surface area contributed by atoms with E-state index in [1.165, 1.54) is 17.1 Å². The average Bonchev–Trinajstić information content (AvgIpc) is 2.82. The minimum absolute atomic E-state index is 0.0461. The molecule has 8 heteroatoms. The third-order valence-corrected chi connectivity index (χ3v) is 4.35. The highest BCUT2D eigenvalue weighted by atomic mass is 16.3. The lowest BCUT2D eigenvalue weighted by Gasteiger charge is -2.47. The first-order valence-electron chi connectivity index (χ1n) is 8.14. The summed E-state index contributed by atoms with van der Waals surface area (Å²) in [5.41, 5.74) is 4.99. The van der Waals surface area contributed by atoms with E-state index in [0.717, 1.165) is 19.3 Å². The summed E-state index contributed by atoms with van der Waals surface area (Å²) in [6, 6.07) is -0.396. The lowest BCUT2D eigenvalue weighted by molar-refractivity contribution is -0.118. The predicted molar refractivity (Wildman–Crippen MR) is 90.2 cm³/mol. The quantitative estimate of drug-likeness (QED) is 0.642. The highest BCUT2D eigenvalue weighted by Gasteiger charge is 2.43.